The van der Waals surface area contributed by atoms with E-state index in [9.17, 15) is 0 Å². The van der Waals surface area contributed by atoms with Crippen molar-refractivity contribution >= 4 is 29.1 Å². The van der Waals surface area contributed by atoms with Crippen molar-refractivity contribution in [3.63, 3.8) is 0 Å². The topological polar surface area (TPSA) is 24.1 Å². The quantitative estimate of drug-likeness (QED) is 0.654. The van der Waals surface area contributed by atoms with E-state index in [1.807, 2.05) is 18.7 Å². The third-order valence-corrected chi connectivity index (χ3v) is 2.23. The molecule has 1 atom stereocenters. The Morgan fingerprint density at radius 2 is 2.27 bits per heavy atom. The van der Waals surface area contributed by atoms with Gasteiger partial charge in [-0.15, -0.1) is 0 Å². The molecule has 0 amide bonds. The van der Waals surface area contributed by atoms with E-state index in [-0.39, 0.29) is 0 Å². The second-order valence-corrected chi connectivity index (χ2v) is 3.68. The summed E-state index contributed by atoms with van der Waals surface area (Å²) in [6.07, 6.45) is 2.09. The molecule has 0 fully saturated rings. The van der Waals surface area contributed by atoms with Crippen LogP contribution in [0.1, 0.15) is 13.8 Å². The van der Waals surface area contributed by atoms with E-state index in [0.29, 0.717) is 6.04 Å². The first-order valence-corrected chi connectivity index (χ1v) is 5.54. The predicted octanol–water partition coefficient (Wildman–Crippen LogP) is 1.22. The van der Waals surface area contributed by atoms with Gasteiger partial charge in [-0.2, -0.15) is 11.8 Å². The van der Waals surface area contributed by atoms with Gasteiger partial charge in [-0.05, 0) is 32.3 Å². The van der Waals surface area contributed by atoms with Gasteiger partial charge < -0.3 is 10.6 Å². The molecule has 0 aromatic carbocycles. The molecule has 0 bridgehead atoms. The van der Waals surface area contributed by atoms with Crippen molar-refractivity contribution in [3.8, 4) is 0 Å². The minimum absolute atomic E-state index is 0.455. The fourth-order valence-electron chi connectivity index (χ4n) is 0.727. The molecule has 66 valence electrons. The van der Waals surface area contributed by atoms with Crippen LogP contribution in [0.3, 0.4) is 0 Å². The maximum atomic E-state index is 5.01. The molecule has 0 aromatic rings. The summed E-state index contributed by atoms with van der Waals surface area (Å²) in [5.41, 5.74) is 0. The summed E-state index contributed by atoms with van der Waals surface area (Å²) < 4.78 is 0. The summed E-state index contributed by atoms with van der Waals surface area (Å²) in [6.45, 7) is 5.05. The zero-order valence-electron chi connectivity index (χ0n) is 7.31. The molecule has 2 N–H and O–H groups in total. The van der Waals surface area contributed by atoms with Crippen LogP contribution in [0.5, 0.6) is 0 Å². The van der Waals surface area contributed by atoms with Crippen LogP contribution in [-0.2, 0) is 0 Å². The molecular formula is C7H16N2S2. The highest BCUT2D eigenvalue weighted by Crippen LogP contribution is 1.95. The highest BCUT2D eigenvalue weighted by molar-refractivity contribution is 7.98. The van der Waals surface area contributed by atoms with E-state index in [1.54, 1.807) is 0 Å². The Bertz CT molecular complexity index is 117. The van der Waals surface area contributed by atoms with Crippen LogP contribution in [0.15, 0.2) is 0 Å². The Morgan fingerprint density at radius 3 is 2.73 bits per heavy atom. The van der Waals surface area contributed by atoms with Gasteiger partial charge in [-0.1, -0.05) is 0 Å². The zero-order chi connectivity index (χ0) is 8.69. The average Bonchev–Trinajstić information content (AvgIpc) is 1.87. The Labute approximate surface area is 78.5 Å². The van der Waals surface area contributed by atoms with Crippen LogP contribution in [0, 0.1) is 0 Å². The number of rotatable bonds is 4. The molecule has 0 radical (unpaired) electrons. The van der Waals surface area contributed by atoms with Crippen molar-refractivity contribution in [3.05, 3.63) is 0 Å². The maximum Gasteiger partial charge on any atom is 0.166 e. The Balaban J connectivity index is 3.40. The smallest absolute Gasteiger partial charge is 0.166 e. The van der Waals surface area contributed by atoms with Crippen molar-refractivity contribution in [2.75, 3.05) is 18.6 Å². The summed E-state index contributed by atoms with van der Waals surface area (Å²) in [4.78, 5) is 0. The van der Waals surface area contributed by atoms with Gasteiger partial charge in [0.15, 0.2) is 5.11 Å². The van der Waals surface area contributed by atoms with E-state index in [2.05, 4.69) is 23.8 Å². The third kappa shape index (κ3) is 6.44. The van der Waals surface area contributed by atoms with E-state index in [4.69, 9.17) is 12.2 Å². The summed E-state index contributed by atoms with van der Waals surface area (Å²) >= 11 is 6.83. The highest BCUT2D eigenvalue weighted by atomic mass is 32.2. The van der Waals surface area contributed by atoms with Crippen LogP contribution >= 0.6 is 24.0 Å². The first-order chi connectivity index (χ1) is 5.20. The maximum absolute atomic E-state index is 5.01. The van der Waals surface area contributed by atoms with Crippen molar-refractivity contribution in [1.82, 2.24) is 10.6 Å². The van der Waals surface area contributed by atoms with Gasteiger partial charge in [-0.25, -0.2) is 0 Å². The molecule has 1 unspecified atom stereocenters. The summed E-state index contributed by atoms with van der Waals surface area (Å²) in [6, 6.07) is 0.455. The third-order valence-electron chi connectivity index (χ3n) is 1.13. The monoisotopic (exact) mass is 192 g/mol. The Hall–Kier alpha value is 0.0400. The largest absolute Gasteiger partial charge is 0.363 e. The lowest BCUT2D eigenvalue weighted by Crippen LogP contribution is -2.41. The SMILES string of the molecule is CCNC(=S)NC(C)CSC. The van der Waals surface area contributed by atoms with Gasteiger partial charge in [-0.3, -0.25) is 0 Å². The van der Waals surface area contributed by atoms with Crippen LogP contribution in [-0.4, -0.2) is 29.7 Å². The van der Waals surface area contributed by atoms with Crippen molar-refractivity contribution in [2.45, 2.75) is 19.9 Å². The van der Waals surface area contributed by atoms with Gasteiger partial charge in [0.25, 0.3) is 0 Å². The van der Waals surface area contributed by atoms with Crippen LogP contribution < -0.4 is 10.6 Å². The summed E-state index contributed by atoms with van der Waals surface area (Å²) in [5, 5.41) is 6.99. The zero-order valence-corrected chi connectivity index (χ0v) is 8.94. The fraction of sp³-hybridized carbons (Fsp3) is 0.857. The molecule has 0 saturated heterocycles. The molecule has 0 aliphatic rings. The van der Waals surface area contributed by atoms with E-state index in [0.717, 1.165) is 17.4 Å². The number of hydrogen-bond acceptors (Lipinski definition) is 2. The minimum Gasteiger partial charge on any atom is -0.363 e. The van der Waals surface area contributed by atoms with Crippen LogP contribution in [0.4, 0.5) is 0 Å². The molecule has 0 saturated carbocycles. The van der Waals surface area contributed by atoms with Crippen LogP contribution in [0.2, 0.25) is 0 Å². The molecule has 0 rings (SSSR count). The Kier molecular flexibility index (Phi) is 6.76. The molecule has 0 aliphatic heterocycles. The highest BCUT2D eigenvalue weighted by Gasteiger charge is 2.00. The predicted molar refractivity (Wildman–Crippen MR) is 57.3 cm³/mol. The number of hydrogen-bond donors (Lipinski definition) is 2. The molecular weight excluding hydrogens is 176 g/mol. The van der Waals surface area contributed by atoms with Crippen LogP contribution in [0.25, 0.3) is 0 Å². The first kappa shape index (κ1) is 11.0. The molecule has 0 heterocycles. The lowest BCUT2D eigenvalue weighted by Gasteiger charge is -2.14. The standard InChI is InChI=1S/C7H16N2S2/c1-4-8-7(10)9-6(2)5-11-3/h6H,4-5H2,1-3H3,(H2,8,9,10). The molecule has 4 heteroatoms. The summed E-state index contributed by atoms with van der Waals surface area (Å²) in [7, 11) is 0. The van der Waals surface area contributed by atoms with Crippen molar-refractivity contribution < 1.29 is 0 Å². The van der Waals surface area contributed by atoms with Gasteiger partial charge in [0.2, 0.25) is 0 Å². The number of nitrogens with one attached hydrogen (secondary N) is 2. The lowest BCUT2D eigenvalue weighted by molar-refractivity contribution is 0.727. The van der Waals surface area contributed by atoms with Gasteiger partial charge in [0.05, 0.1) is 0 Å². The van der Waals surface area contributed by atoms with E-state index in [1.165, 1.54) is 0 Å². The normalized spacial score (nSPS) is 12.3. The molecule has 11 heavy (non-hydrogen) atoms. The number of thiocarbonyl (C=S) groups is 1. The Morgan fingerprint density at radius 1 is 1.64 bits per heavy atom. The fourth-order valence-corrected chi connectivity index (χ4v) is 1.66. The molecule has 2 nitrogen and oxygen atoms in total. The number of thioether (sulfide) groups is 1. The van der Waals surface area contributed by atoms with Gasteiger partial charge in [0, 0.05) is 18.3 Å². The van der Waals surface area contributed by atoms with Gasteiger partial charge in [0.1, 0.15) is 0 Å². The minimum atomic E-state index is 0.455. The second kappa shape index (κ2) is 6.73. The average molecular weight is 192 g/mol. The van der Waals surface area contributed by atoms with Crippen molar-refractivity contribution in [2.24, 2.45) is 0 Å². The second-order valence-electron chi connectivity index (χ2n) is 2.36. The first-order valence-electron chi connectivity index (χ1n) is 3.74. The van der Waals surface area contributed by atoms with E-state index >= 15 is 0 Å². The van der Waals surface area contributed by atoms with E-state index < -0.39 is 0 Å². The van der Waals surface area contributed by atoms with Gasteiger partial charge >= 0.3 is 0 Å². The molecule has 0 aromatic heterocycles. The summed E-state index contributed by atoms with van der Waals surface area (Å²) in [5.74, 6) is 1.09. The van der Waals surface area contributed by atoms with Crippen molar-refractivity contribution in [1.29, 1.82) is 0 Å². The molecule has 0 spiro atoms. The lowest BCUT2D eigenvalue weighted by atomic mass is 10.4. The molecule has 0 aliphatic carbocycles.